The molecule has 0 spiro atoms. The van der Waals surface area contributed by atoms with Gasteiger partial charge >= 0.3 is 0 Å². The highest BCUT2D eigenvalue weighted by molar-refractivity contribution is 5.84. The molecule has 1 aromatic heterocycles. The normalized spacial score (nSPS) is 29.4. The van der Waals surface area contributed by atoms with Crippen LogP contribution in [0.4, 0.5) is 13.2 Å². The van der Waals surface area contributed by atoms with Gasteiger partial charge in [0.15, 0.2) is 0 Å². The fourth-order valence-corrected chi connectivity index (χ4v) is 5.76. The number of fused-ring (bicyclic) bond motifs is 2. The molecule has 3 saturated carbocycles. The zero-order valence-electron chi connectivity index (χ0n) is 18.2. The summed E-state index contributed by atoms with van der Waals surface area (Å²) in [5, 5.41) is 0. The molecule has 6 heteroatoms. The van der Waals surface area contributed by atoms with Gasteiger partial charge in [-0.25, -0.2) is 13.2 Å². The predicted octanol–water partition coefficient (Wildman–Crippen LogP) is 5.95. The van der Waals surface area contributed by atoms with Gasteiger partial charge in [0.1, 0.15) is 5.67 Å². The van der Waals surface area contributed by atoms with Crippen LogP contribution in [0.5, 0.6) is 0 Å². The number of carbonyl (C=O) groups excluding carboxylic acids is 1. The van der Waals surface area contributed by atoms with E-state index in [1.54, 1.807) is 13.0 Å². The molecule has 3 nitrogen and oxygen atoms in total. The minimum atomic E-state index is -2.89. The molecule has 0 bridgehead atoms. The maximum Gasteiger partial charge on any atom is 0.272 e. The Kier molecular flexibility index (Phi) is 5.65. The maximum atomic E-state index is 13.6. The van der Waals surface area contributed by atoms with Crippen molar-refractivity contribution in [2.45, 2.75) is 96.2 Å². The van der Waals surface area contributed by atoms with Crippen LogP contribution >= 0.6 is 0 Å². The van der Waals surface area contributed by atoms with Crippen molar-refractivity contribution in [1.29, 1.82) is 0 Å². The number of carbonyl (C=O) groups is 1. The zero-order chi connectivity index (χ0) is 21.6. The summed E-state index contributed by atoms with van der Waals surface area (Å²) in [5.41, 5.74) is 0.655. The lowest BCUT2D eigenvalue weighted by atomic mass is 9.78. The van der Waals surface area contributed by atoms with Crippen LogP contribution in [0.2, 0.25) is 0 Å². The van der Waals surface area contributed by atoms with Crippen LogP contribution in [0.1, 0.15) is 88.5 Å². The summed E-state index contributed by atoms with van der Waals surface area (Å²) in [6.45, 7) is 3.65. The Hall–Kier alpha value is -1.59. The minimum Gasteiger partial charge on any atom is -0.337 e. The molecule has 2 heterocycles. The number of nitrogens with zero attached hydrogens (tertiary/aromatic N) is 2. The van der Waals surface area contributed by atoms with Gasteiger partial charge in [-0.3, -0.25) is 9.78 Å². The third-order valence-electron chi connectivity index (χ3n) is 7.79. The number of hydrogen-bond donors (Lipinski definition) is 0. The highest BCUT2D eigenvalue weighted by atomic mass is 19.3. The van der Waals surface area contributed by atoms with Gasteiger partial charge in [0.25, 0.3) is 5.92 Å². The fraction of sp³-hybridized carbons (Fsp3) is 0.750. The van der Waals surface area contributed by atoms with E-state index in [9.17, 15) is 18.0 Å². The molecular weight excluding hydrogens is 389 g/mol. The second kappa shape index (κ2) is 7.83. The van der Waals surface area contributed by atoms with Gasteiger partial charge in [-0.2, -0.15) is 0 Å². The van der Waals surface area contributed by atoms with E-state index in [2.05, 4.69) is 4.98 Å². The van der Waals surface area contributed by atoms with Gasteiger partial charge in [0, 0.05) is 43.9 Å². The number of halogens is 3. The van der Waals surface area contributed by atoms with Crippen LogP contribution in [-0.4, -0.2) is 28.0 Å². The lowest BCUT2D eigenvalue weighted by molar-refractivity contribution is -0.144. The Bertz CT molecular complexity index is 786. The molecule has 0 unspecified atom stereocenters. The molecular formula is C24H33F3N2O. The van der Waals surface area contributed by atoms with Crippen molar-refractivity contribution in [1.82, 2.24) is 9.88 Å². The Balaban J connectivity index is 0.000000313. The van der Waals surface area contributed by atoms with Crippen molar-refractivity contribution in [3.05, 3.63) is 29.1 Å². The van der Waals surface area contributed by atoms with Crippen molar-refractivity contribution in [2.24, 2.45) is 11.3 Å². The molecule has 1 aliphatic heterocycles. The molecule has 1 aromatic rings. The number of alkyl halides is 3. The van der Waals surface area contributed by atoms with E-state index in [4.69, 9.17) is 0 Å². The van der Waals surface area contributed by atoms with E-state index in [-0.39, 0.29) is 16.9 Å². The number of aromatic nitrogens is 1. The molecule has 0 saturated heterocycles. The van der Waals surface area contributed by atoms with Gasteiger partial charge in [-0.1, -0.05) is 12.8 Å². The summed E-state index contributed by atoms with van der Waals surface area (Å²) in [7, 11) is 0. The number of rotatable bonds is 2. The van der Waals surface area contributed by atoms with Crippen molar-refractivity contribution in [2.75, 3.05) is 6.54 Å². The largest absolute Gasteiger partial charge is 0.337 e. The molecule has 1 amide bonds. The lowest BCUT2D eigenvalue weighted by Gasteiger charge is -2.37. The van der Waals surface area contributed by atoms with Crippen LogP contribution in [0.15, 0.2) is 12.3 Å². The Labute approximate surface area is 177 Å². The first-order valence-electron chi connectivity index (χ1n) is 11.5. The second-order valence-corrected chi connectivity index (χ2v) is 10.1. The molecule has 3 aliphatic carbocycles. The van der Waals surface area contributed by atoms with E-state index < -0.39 is 11.6 Å². The zero-order valence-corrected chi connectivity index (χ0v) is 18.2. The molecule has 5 rings (SSSR count). The lowest BCUT2D eigenvalue weighted by Crippen LogP contribution is -2.46. The first-order chi connectivity index (χ1) is 14.1. The average molecular weight is 423 g/mol. The number of pyridine rings is 1. The summed E-state index contributed by atoms with van der Waals surface area (Å²) in [5.74, 6) is -2.09. The quantitative estimate of drug-likeness (QED) is 0.590. The molecule has 30 heavy (non-hydrogen) atoms. The summed E-state index contributed by atoms with van der Waals surface area (Å²) in [6, 6.07) is 1.54. The van der Waals surface area contributed by atoms with E-state index in [0.29, 0.717) is 25.4 Å². The van der Waals surface area contributed by atoms with Crippen molar-refractivity contribution in [3.8, 4) is 0 Å². The number of amides is 1. The smallest absolute Gasteiger partial charge is 0.272 e. The van der Waals surface area contributed by atoms with E-state index in [1.807, 2.05) is 4.90 Å². The van der Waals surface area contributed by atoms with Crippen LogP contribution in [-0.2, 0) is 23.7 Å². The van der Waals surface area contributed by atoms with E-state index in [0.717, 1.165) is 63.1 Å². The summed E-state index contributed by atoms with van der Waals surface area (Å²) in [6.07, 6.45) is 11.2. The first-order valence-corrected chi connectivity index (χ1v) is 11.5. The average Bonchev–Trinajstić information content (AvgIpc) is 3.26. The van der Waals surface area contributed by atoms with Gasteiger partial charge in [-0.05, 0) is 69.4 Å². The fourth-order valence-electron chi connectivity index (χ4n) is 5.76. The minimum absolute atomic E-state index is 0.0617. The predicted molar refractivity (Wildman–Crippen MR) is 110 cm³/mol. The SMILES string of the molecule is CC(F)(F)c1cnc2c(c1)CN(C(=O)C13CCCC1CCC3)CC2.CC1(F)CCC1. The molecule has 166 valence electrons. The van der Waals surface area contributed by atoms with Gasteiger partial charge in [0.05, 0.1) is 5.41 Å². The highest BCUT2D eigenvalue weighted by Crippen LogP contribution is 2.55. The molecule has 0 radical (unpaired) electrons. The van der Waals surface area contributed by atoms with Crippen LogP contribution in [0.25, 0.3) is 0 Å². The van der Waals surface area contributed by atoms with E-state index >= 15 is 0 Å². The molecule has 0 aromatic carbocycles. The van der Waals surface area contributed by atoms with Gasteiger partial charge in [0.2, 0.25) is 5.91 Å². The van der Waals surface area contributed by atoms with Crippen LogP contribution in [0.3, 0.4) is 0 Å². The monoisotopic (exact) mass is 422 g/mol. The molecule has 4 aliphatic rings. The third kappa shape index (κ3) is 4.11. The molecule has 0 N–H and O–H groups in total. The summed E-state index contributed by atoms with van der Waals surface area (Å²) >= 11 is 0. The summed E-state index contributed by atoms with van der Waals surface area (Å²) < 4.78 is 39.4. The van der Waals surface area contributed by atoms with E-state index in [1.165, 1.54) is 19.0 Å². The first kappa shape index (κ1) is 21.6. The van der Waals surface area contributed by atoms with Gasteiger partial charge in [-0.15, -0.1) is 0 Å². The van der Waals surface area contributed by atoms with Crippen LogP contribution in [0, 0.1) is 11.3 Å². The van der Waals surface area contributed by atoms with Crippen LogP contribution < -0.4 is 0 Å². The Morgan fingerprint density at radius 3 is 2.33 bits per heavy atom. The Morgan fingerprint density at radius 2 is 1.80 bits per heavy atom. The maximum absolute atomic E-state index is 13.6. The van der Waals surface area contributed by atoms with Crippen molar-refractivity contribution < 1.29 is 18.0 Å². The Morgan fingerprint density at radius 1 is 1.17 bits per heavy atom. The third-order valence-corrected chi connectivity index (χ3v) is 7.79. The van der Waals surface area contributed by atoms with Crippen molar-refractivity contribution >= 4 is 5.91 Å². The highest BCUT2D eigenvalue weighted by Gasteiger charge is 2.53. The van der Waals surface area contributed by atoms with Gasteiger partial charge < -0.3 is 4.90 Å². The van der Waals surface area contributed by atoms with Crippen molar-refractivity contribution in [3.63, 3.8) is 0 Å². The molecule has 0 atom stereocenters. The standard InChI is InChI=1S/C19H24F2N2O.C5H9F/c1-18(20,21)15-10-13-12-23(9-6-16(13)22-11-15)17(24)19-7-2-4-14(19)5-3-8-19;1-5(6)3-2-4-5/h10-11,14H,2-9,12H2,1H3;2-4H2,1H3. The second-order valence-electron chi connectivity index (χ2n) is 10.1. The topological polar surface area (TPSA) is 33.2 Å². The molecule has 3 fully saturated rings. The summed E-state index contributed by atoms with van der Waals surface area (Å²) in [4.78, 5) is 19.4. The number of hydrogen-bond acceptors (Lipinski definition) is 2.